The number of thiazole rings is 1. The smallest absolute Gasteiger partial charge is 0.251 e. The fraction of sp³-hybridized carbons (Fsp3) is 0.444. The number of ether oxygens (including phenoxy) is 2. The average Bonchev–Trinajstić information content (AvgIpc) is 3.25. The van der Waals surface area contributed by atoms with E-state index in [2.05, 4.69) is 10.3 Å². The monoisotopic (exact) mass is 346 g/mol. The lowest BCUT2D eigenvalue weighted by Crippen LogP contribution is -2.25. The first-order valence-corrected chi connectivity index (χ1v) is 9.12. The summed E-state index contributed by atoms with van der Waals surface area (Å²) in [4.78, 5) is 16.5. The summed E-state index contributed by atoms with van der Waals surface area (Å²) in [5.41, 5.74) is 1.66. The molecule has 0 spiro atoms. The van der Waals surface area contributed by atoms with Crippen LogP contribution in [0.25, 0.3) is 0 Å². The summed E-state index contributed by atoms with van der Waals surface area (Å²) in [6.45, 7) is 3.96. The normalized spacial score (nSPS) is 17.0. The fourth-order valence-electron chi connectivity index (χ4n) is 2.60. The summed E-state index contributed by atoms with van der Waals surface area (Å²) in [7, 11) is 0. The number of hydrogen-bond acceptors (Lipinski definition) is 5. The van der Waals surface area contributed by atoms with Crippen LogP contribution in [0, 0.1) is 6.92 Å². The van der Waals surface area contributed by atoms with E-state index in [1.165, 1.54) is 0 Å². The van der Waals surface area contributed by atoms with Crippen molar-refractivity contribution in [2.24, 2.45) is 0 Å². The third kappa shape index (κ3) is 4.79. The molecule has 2 heterocycles. The Kier molecular flexibility index (Phi) is 5.82. The molecular formula is C18H22N2O3S. The van der Waals surface area contributed by atoms with Gasteiger partial charge in [0.2, 0.25) is 0 Å². The number of aromatic nitrogens is 1. The standard InChI is InChI=1S/C18H22N2O3S/c1-13-20-15(12-24-13)8-9-19-18(21)14-4-6-16(7-5-14)23-11-17-3-2-10-22-17/h4-7,12,17H,2-3,8-11H2,1H3,(H,19,21)/t17-/m1/s1. The van der Waals surface area contributed by atoms with E-state index in [-0.39, 0.29) is 12.0 Å². The Labute approximate surface area is 146 Å². The van der Waals surface area contributed by atoms with Crippen LogP contribution in [0.15, 0.2) is 29.6 Å². The van der Waals surface area contributed by atoms with Crippen molar-refractivity contribution in [3.8, 4) is 5.75 Å². The van der Waals surface area contributed by atoms with Crippen LogP contribution in [0.2, 0.25) is 0 Å². The molecule has 6 heteroatoms. The number of carbonyl (C=O) groups is 1. The largest absolute Gasteiger partial charge is 0.491 e. The van der Waals surface area contributed by atoms with Crippen LogP contribution in [0.3, 0.4) is 0 Å². The Morgan fingerprint density at radius 3 is 2.92 bits per heavy atom. The van der Waals surface area contributed by atoms with Crippen molar-refractivity contribution in [3.05, 3.63) is 45.9 Å². The number of nitrogens with zero attached hydrogens (tertiary/aromatic N) is 1. The lowest BCUT2D eigenvalue weighted by atomic mass is 10.2. The van der Waals surface area contributed by atoms with Crippen LogP contribution in [0.1, 0.15) is 33.9 Å². The fourth-order valence-corrected chi connectivity index (χ4v) is 3.24. The molecule has 0 unspecified atom stereocenters. The summed E-state index contributed by atoms with van der Waals surface area (Å²) in [5.74, 6) is 0.688. The van der Waals surface area contributed by atoms with Crippen molar-refractivity contribution >= 4 is 17.2 Å². The van der Waals surface area contributed by atoms with Gasteiger partial charge in [0, 0.05) is 30.5 Å². The molecule has 1 aliphatic rings. The van der Waals surface area contributed by atoms with E-state index in [0.29, 0.717) is 18.7 Å². The van der Waals surface area contributed by atoms with Gasteiger partial charge in [-0.25, -0.2) is 4.98 Å². The molecule has 24 heavy (non-hydrogen) atoms. The van der Waals surface area contributed by atoms with E-state index in [0.717, 1.165) is 42.3 Å². The molecule has 3 rings (SSSR count). The molecule has 1 aromatic carbocycles. The van der Waals surface area contributed by atoms with E-state index in [1.54, 1.807) is 23.5 Å². The molecule has 0 bridgehead atoms. The van der Waals surface area contributed by atoms with Gasteiger partial charge in [0.05, 0.1) is 16.8 Å². The van der Waals surface area contributed by atoms with Gasteiger partial charge in [0.15, 0.2) is 0 Å². The number of hydrogen-bond donors (Lipinski definition) is 1. The number of rotatable bonds is 7. The first kappa shape index (κ1) is 16.9. The first-order chi connectivity index (χ1) is 11.7. The Hall–Kier alpha value is -1.92. The number of amides is 1. The zero-order valence-electron chi connectivity index (χ0n) is 13.8. The lowest BCUT2D eigenvalue weighted by molar-refractivity contribution is 0.0679. The minimum Gasteiger partial charge on any atom is -0.491 e. The van der Waals surface area contributed by atoms with Crippen molar-refractivity contribution in [2.45, 2.75) is 32.3 Å². The van der Waals surface area contributed by atoms with Crippen molar-refractivity contribution < 1.29 is 14.3 Å². The van der Waals surface area contributed by atoms with Gasteiger partial charge in [0.1, 0.15) is 12.4 Å². The second kappa shape index (κ2) is 8.26. The quantitative estimate of drug-likeness (QED) is 0.837. The van der Waals surface area contributed by atoms with Crippen LogP contribution in [0.5, 0.6) is 5.75 Å². The van der Waals surface area contributed by atoms with Crippen LogP contribution >= 0.6 is 11.3 Å². The number of nitrogens with one attached hydrogen (secondary N) is 1. The maximum atomic E-state index is 12.1. The molecule has 2 aromatic rings. The molecule has 0 aliphatic carbocycles. The molecule has 5 nitrogen and oxygen atoms in total. The third-order valence-electron chi connectivity index (χ3n) is 3.91. The highest BCUT2D eigenvalue weighted by Crippen LogP contribution is 2.16. The van der Waals surface area contributed by atoms with Gasteiger partial charge in [-0.2, -0.15) is 0 Å². The zero-order valence-corrected chi connectivity index (χ0v) is 14.6. The summed E-state index contributed by atoms with van der Waals surface area (Å²) >= 11 is 1.63. The highest BCUT2D eigenvalue weighted by Gasteiger charge is 2.16. The molecule has 1 N–H and O–H groups in total. The highest BCUT2D eigenvalue weighted by atomic mass is 32.1. The molecule has 1 aliphatic heterocycles. The van der Waals surface area contributed by atoms with Gasteiger partial charge in [-0.3, -0.25) is 4.79 Å². The maximum Gasteiger partial charge on any atom is 0.251 e. The highest BCUT2D eigenvalue weighted by molar-refractivity contribution is 7.09. The van der Waals surface area contributed by atoms with E-state index >= 15 is 0 Å². The van der Waals surface area contributed by atoms with Crippen molar-refractivity contribution in [3.63, 3.8) is 0 Å². The molecule has 0 saturated carbocycles. The number of benzene rings is 1. The predicted octanol–water partition coefficient (Wildman–Crippen LogP) is 2.98. The predicted molar refractivity (Wildman–Crippen MR) is 93.8 cm³/mol. The summed E-state index contributed by atoms with van der Waals surface area (Å²) in [6.07, 6.45) is 3.10. The van der Waals surface area contributed by atoms with Crippen molar-refractivity contribution in [1.29, 1.82) is 0 Å². The van der Waals surface area contributed by atoms with Crippen molar-refractivity contribution in [1.82, 2.24) is 10.3 Å². The van der Waals surface area contributed by atoms with Crippen molar-refractivity contribution in [2.75, 3.05) is 19.8 Å². The summed E-state index contributed by atoms with van der Waals surface area (Å²) in [6, 6.07) is 7.22. The topological polar surface area (TPSA) is 60.5 Å². The third-order valence-corrected chi connectivity index (χ3v) is 4.73. The van der Waals surface area contributed by atoms with Gasteiger partial charge in [0.25, 0.3) is 5.91 Å². The van der Waals surface area contributed by atoms with E-state index in [1.807, 2.05) is 24.4 Å². The second-order valence-electron chi connectivity index (χ2n) is 5.83. The Balaban J connectivity index is 1.42. The minimum absolute atomic E-state index is 0.0763. The van der Waals surface area contributed by atoms with Gasteiger partial charge >= 0.3 is 0 Å². The molecule has 128 valence electrons. The van der Waals surface area contributed by atoms with Crippen LogP contribution in [-0.4, -0.2) is 36.8 Å². The van der Waals surface area contributed by atoms with E-state index in [9.17, 15) is 4.79 Å². The Morgan fingerprint density at radius 2 is 2.25 bits per heavy atom. The van der Waals surface area contributed by atoms with E-state index in [4.69, 9.17) is 9.47 Å². The molecule has 0 radical (unpaired) electrons. The van der Waals surface area contributed by atoms with Crippen LogP contribution < -0.4 is 10.1 Å². The molecule has 1 atom stereocenters. The van der Waals surface area contributed by atoms with Gasteiger partial charge in [-0.1, -0.05) is 0 Å². The SMILES string of the molecule is Cc1nc(CCNC(=O)c2ccc(OC[C@H]3CCCO3)cc2)cs1. The summed E-state index contributed by atoms with van der Waals surface area (Å²) < 4.78 is 11.2. The molecule has 1 aromatic heterocycles. The average molecular weight is 346 g/mol. The zero-order chi connectivity index (χ0) is 16.8. The molecular weight excluding hydrogens is 324 g/mol. The van der Waals surface area contributed by atoms with Gasteiger partial charge in [-0.15, -0.1) is 11.3 Å². The first-order valence-electron chi connectivity index (χ1n) is 8.24. The summed E-state index contributed by atoms with van der Waals surface area (Å²) in [5, 5.41) is 6.00. The van der Waals surface area contributed by atoms with Gasteiger partial charge < -0.3 is 14.8 Å². The van der Waals surface area contributed by atoms with E-state index < -0.39 is 0 Å². The second-order valence-corrected chi connectivity index (χ2v) is 6.90. The molecule has 1 fully saturated rings. The molecule has 1 saturated heterocycles. The molecule has 1 amide bonds. The lowest BCUT2D eigenvalue weighted by Gasteiger charge is -2.11. The number of aryl methyl sites for hydroxylation is 1. The Bertz CT molecular complexity index is 663. The van der Waals surface area contributed by atoms with Crippen LogP contribution in [0.4, 0.5) is 0 Å². The maximum absolute atomic E-state index is 12.1. The minimum atomic E-state index is -0.0763. The van der Waals surface area contributed by atoms with Crippen LogP contribution in [-0.2, 0) is 11.2 Å². The number of carbonyl (C=O) groups excluding carboxylic acids is 1. The van der Waals surface area contributed by atoms with Gasteiger partial charge in [-0.05, 0) is 44.0 Å². The Morgan fingerprint density at radius 1 is 1.42 bits per heavy atom.